The molecule has 176 valence electrons. The highest BCUT2D eigenvalue weighted by Crippen LogP contribution is 2.13. The van der Waals surface area contributed by atoms with E-state index < -0.39 is 0 Å². The highest BCUT2D eigenvalue weighted by atomic mass is 16.5. The highest BCUT2D eigenvalue weighted by molar-refractivity contribution is 5.69. The molecule has 0 spiro atoms. The molecule has 0 aliphatic rings. The Morgan fingerprint density at radius 3 is 1.47 bits per heavy atom. The molecule has 0 unspecified atom stereocenters. The van der Waals surface area contributed by atoms with Gasteiger partial charge in [0.25, 0.3) is 0 Å². The second-order valence-corrected chi connectivity index (χ2v) is 8.98. The van der Waals surface area contributed by atoms with Crippen molar-refractivity contribution in [2.24, 2.45) is 0 Å². The SMILES string of the molecule is CCCCCCCCCCCCCCC/C=C\CC/C=C\CCCC(=O)OC(C)C. The van der Waals surface area contributed by atoms with Gasteiger partial charge in [0, 0.05) is 6.42 Å². The number of carbonyl (C=O) groups is 1. The maximum absolute atomic E-state index is 11.4. The molecule has 0 aromatic carbocycles. The van der Waals surface area contributed by atoms with Crippen LogP contribution in [0.2, 0.25) is 0 Å². The molecule has 2 heteroatoms. The lowest BCUT2D eigenvalue weighted by Gasteiger charge is -2.06. The monoisotopic (exact) mass is 420 g/mol. The number of allylic oxidation sites excluding steroid dienone is 4. The van der Waals surface area contributed by atoms with Gasteiger partial charge in [0.1, 0.15) is 0 Å². The summed E-state index contributed by atoms with van der Waals surface area (Å²) in [6.45, 7) is 6.07. The molecular formula is C28H52O2. The molecule has 2 nitrogen and oxygen atoms in total. The van der Waals surface area contributed by atoms with Crippen molar-refractivity contribution in [1.29, 1.82) is 0 Å². The second kappa shape index (κ2) is 24.2. The third-order valence-corrected chi connectivity index (χ3v) is 5.43. The van der Waals surface area contributed by atoms with Crippen LogP contribution in [-0.4, -0.2) is 12.1 Å². The van der Waals surface area contributed by atoms with E-state index in [2.05, 4.69) is 31.2 Å². The van der Waals surface area contributed by atoms with Crippen molar-refractivity contribution in [3.05, 3.63) is 24.3 Å². The quantitative estimate of drug-likeness (QED) is 0.0989. The van der Waals surface area contributed by atoms with Crippen LogP contribution in [0, 0.1) is 0 Å². The molecular weight excluding hydrogens is 368 g/mol. The lowest BCUT2D eigenvalue weighted by molar-refractivity contribution is -0.147. The first kappa shape index (κ1) is 28.9. The van der Waals surface area contributed by atoms with E-state index >= 15 is 0 Å². The smallest absolute Gasteiger partial charge is 0.306 e. The fourth-order valence-corrected chi connectivity index (χ4v) is 3.63. The van der Waals surface area contributed by atoms with Crippen LogP contribution in [0.25, 0.3) is 0 Å². The average molecular weight is 421 g/mol. The molecule has 0 saturated heterocycles. The minimum atomic E-state index is -0.0745. The topological polar surface area (TPSA) is 26.3 Å². The zero-order valence-electron chi connectivity index (χ0n) is 20.6. The molecule has 0 fully saturated rings. The third-order valence-electron chi connectivity index (χ3n) is 5.43. The van der Waals surface area contributed by atoms with E-state index in [1.54, 1.807) is 0 Å². The van der Waals surface area contributed by atoms with Crippen LogP contribution in [0.3, 0.4) is 0 Å². The summed E-state index contributed by atoms with van der Waals surface area (Å²) < 4.78 is 5.12. The Kier molecular flexibility index (Phi) is 23.4. The predicted octanol–water partition coefficient (Wildman–Crippen LogP) is 9.48. The van der Waals surface area contributed by atoms with Crippen LogP contribution < -0.4 is 0 Å². The van der Waals surface area contributed by atoms with Gasteiger partial charge in [-0.3, -0.25) is 4.79 Å². The van der Waals surface area contributed by atoms with Gasteiger partial charge in [-0.15, -0.1) is 0 Å². The number of ether oxygens (including phenoxy) is 1. The molecule has 0 N–H and O–H groups in total. The summed E-state index contributed by atoms with van der Waals surface area (Å²) in [7, 11) is 0. The van der Waals surface area contributed by atoms with Gasteiger partial charge >= 0.3 is 5.97 Å². The summed E-state index contributed by atoms with van der Waals surface area (Å²) >= 11 is 0. The standard InChI is InChI=1S/C28H52O2/c1-4-5-6-7-8-9-10-11-12-13-14-15-16-17-18-19-20-21-22-23-24-25-26-28(29)30-27(2)3/h18-19,22-23,27H,4-17,20-21,24-26H2,1-3H3/b19-18-,23-22-. The van der Waals surface area contributed by atoms with Crippen molar-refractivity contribution in [2.45, 2.75) is 149 Å². The second-order valence-electron chi connectivity index (χ2n) is 8.98. The zero-order chi connectivity index (χ0) is 22.1. The van der Waals surface area contributed by atoms with Gasteiger partial charge in [-0.05, 0) is 52.4 Å². The molecule has 0 bridgehead atoms. The van der Waals surface area contributed by atoms with Crippen LogP contribution in [0.1, 0.15) is 143 Å². The predicted molar refractivity (Wildman–Crippen MR) is 133 cm³/mol. The minimum absolute atomic E-state index is 0.000421. The zero-order valence-corrected chi connectivity index (χ0v) is 20.6. The minimum Gasteiger partial charge on any atom is -0.463 e. The lowest BCUT2D eigenvalue weighted by Crippen LogP contribution is -2.10. The third kappa shape index (κ3) is 25.0. The summed E-state index contributed by atoms with van der Waals surface area (Å²) in [5.41, 5.74) is 0. The molecule has 0 heterocycles. The van der Waals surface area contributed by atoms with Gasteiger partial charge < -0.3 is 4.74 Å². The molecule has 0 aromatic rings. The normalized spacial score (nSPS) is 11.9. The van der Waals surface area contributed by atoms with E-state index in [1.807, 2.05) is 13.8 Å². The van der Waals surface area contributed by atoms with Gasteiger partial charge in [-0.2, -0.15) is 0 Å². The van der Waals surface area contributed by atoms with E-state index in [4.69, 9.17) is 4.74 Å². The fourth-order valence-electron chi connectivity index (χ4n) is 3.63. The van der Waals surface area contributed by atoms with Crippen molar-refractivity contribution in [3.8, 4) is 0 Å². The van der Waals surface area contributed by atoms with Crippen LogP contribution in [0.4, 0.5) is 0 Å². The van der Waals surface area contributed by atoms with E-state index in [9.17, 15) is 4.79 Å². The van der Waals surface area contributed by atoms with Crippen LogP contribution >= 0.6 is 0 Å². The summed E-state index contributed by atoms with van der Waals surface area (Å²) in [5, 5.41) is 0. The summed E-state index contributed by atoms with van der Waals surface area (Å²) in [4.78, 5) is 11.4. The summed E-state index contributed by atoms with van der Waals surface area (Å²) in [5.74, 6) is -0.0745. The van der Waals surface area contributed by atoms with Crippen molar-refractivity contribution in [2.75, 3.05) is 0 Å². The average Bonchev–Trinajstić information content (AvgIpc) is 2.71. The molecule has 30 heavy (non-hydrogen) atoms. The van der Waals surface area contributed by atoms with Crippen molar-refractivity contribution in [3.63, 3.8) is 0 Å². The van der Waals surface area contributed by atoms with E-state index in [-0.39, 0.29) is 12.1 Å². The van der Waals surface area contributed by atoms with Gasteiger partial charge in [0.05, 0.1) is 6.10 Å². The fraction of sp³-hybridized carbons (Fsp3) is 0.821. The molecule has 0 amide bonds. The summed E-state index contributed by atoms with van der Waals surface area (Å²) in [6, 6.07) is 0. The number of carbonyl (C=O) groups excluding carboxylic acids is 1. The van der Waals surface area contributed by atoms with Crippen molar-refractivity contribution >= 4 is 5.97 Å². The molecule has 0 aliphatic heterocycles. The van der Waals surface area contributed by atoms with Crippen molar-refractivity contribution in [1.82, 2.24) is 0 Å². The Bertz CT molecular complexity index is 409. The lowest BCUT2D eigenvalue weighted by atomic mass is 10.0. The van der Waals surface area contributed by atoms with Gasteiger partial charge in [0.15, 0.2) is 0 Å². The first-order valence-electron chi connectivity index (χ1n) is 13.2. The van der Waals surface area contributed by atoms with E-state index in [0.717, 1.165) is 25.7 Å². The molecule has 0 rings (SSSR count). The van der Waals surface area contributed by atoms with Crippen LogP contribution in [0.5, 0.6) is 0 Å². The van der Waals surface area contributed by atoms with Gasteiger partial charge in [-0.25, -0.2) is 0 Å². The molecule has 0 radical (unpaired) electrons. The van der Waals surface area contributed by atoms with Crippen LogP contribution in [0.15, 0.2) is 24.3 Å². The Hall–Kier alpha value is -1.05. The largest absolute Gasteiger partial charge is 0.463 e. The number of hydrogen-bond donors (Lipinski definition) is 0. The molecule has 0 saturated carbocycles. The first-order chi connectivity index (χ1) is 14.7. The maximum Gasteiger partial charge on any atom is 0.306 e. The maximum atomic E-state index is 11.4. The molecule has 0 aliphatic carbocycles. The number of hydrogen-bond acceptors (Lipinski definition) is 2. The number of esters is 1. The Morgan fingerprint density at radius 2 is 1.00 bits per heavy atom. The molecule has 0 atom stereocenters. The van der Waals surface area contributed by atoms with Crippen LogP contribution in [-0.2, 0) is 9.53 Å². The Morgan fingerprint density at radius 1 is 0.600 bits per heavy atom. The highest BCUT2D eigenvalue weighted by Gasteiger charge is 2.03. The van der Waals surface area contributed by atoms with E-state index in [1.165, 1.54) is 89.9 Å². The number of unbranched alkanes of at least 4 members (excludes halogenated alkanes) is 15. The van der Waals surface area contributed by atoms with Gasteiger partial charge in [-0.1, -0.05) is 108 Å². The molecule has 0 aromatic heterocycles. The number of rotatable bonds is 22. The summed E-state index contributed by atoms with van der Waals surface area (Å²) in [6.07, 6.45) is 33.5. The first-order valence-corrected chi connectivity index (χ1v) is 13.2. The Labute approximate surface area is 188 Å². The van der Waals surface area contributed by atoms with Crippen molar-refractivity contribution < 1.29 is 9.53 Å². The van der Waals surface area contributed by atoms with E-state index in [0.29, 0.717) is 6.42 Å². The van der Waals surface area contributed by atoms with Gasteiger partial charge in [0.2, 0.25) is 0 Å². The Balaban J connectivity index is 3.22.